The third kappa shape index (κ3) is 5.79. The van der Waals surface area contributed by atoms with E-state index in [2.05, 4.69) is 36.0 Å². The summed E-state index contributed by atoms with van der Waals surface area (Å²) in [5.74, 6) is -2.05. The number of fused-ring (bicyclic) bond motifs is 1. The molecule has 0 radical (unpaired) electrons. The summed E-state index contributed by atoms with van der Waals surface area (Å²) in [5.41, 5.74) is 0.452. The van der Waals surface area contributed by atoms with Crippen LogP contribution in [-0.2, 0) is 12.7 Å². The monoisotopic (exact) mass is 555 g/mol. The van der Waals surface area contributed by atoms with Gasteiger partial charge in [0.15, 0.2) is 11.5 Å². The highest BCUT2D eigenvalue weighted by molar-refractivity contribution is 5.92. The summed E-state index contributed by atoms with van der Waals surface area (Å²) in [5, 5.41) is 14.4. The number of pyridine rings is 1. The van der Waals surface area contributed by atoms with E-state index in [1.165, 1.54) is 11.2 Å². The molecule has 0 aliphatic carbocycles. The Morgan fingerprint density at radius 3 is 2.67 bits per heavy atom. The van der Waals surface area contributed by atoms with Gasteiger partial charge in [-0.25, -0.2) is 19.3 Å². The molecule has 0 saturated carbocycles. The Morgan fingerprint density at radius 1 is 1.15 bits per heavy atom. The van der Waals surface area contributed by atoms with E-state index >= 15 is 0 Å². The maximum absolute atomic E-state index is 14.3. The van der Waals surface area contributed by atoms with Crippen LogP contribution in [0.3, 0.4) is 0 Å². The summed E-state index contributed by atoms with van der Waals surface area (Å²) in [6.45, 7) is 1.99. The molecule has 1 saturated heterocycles. The smallest absolute Gasteiger partial charge is 0.346 e. The summed E-state index contributed by atoms with van der Waals surface area (Å²) in [4.78, 5) is 31.6. The highest BCUT2D eigenvalue weighted by Gasteiger charge is 2.34. The van der Waals surface area contributed by atoms with Crippen molar-refractivity contribution in [3.05, 3.63) is 60.3 Å². The molecule has 10 nitrogen and oxygen atoms in total. The number of rotatable bonds is 8. The van der Waals surface area contributed by atoms with Crippen LogP contribution >= 0.6 is 0 Å². The third-order valence-corrected chi connectivity index (χ3v) is 6.97. The Balaban J connectivity index is 1.26. The van der Waals surface area contributed by atoms with Crippen LogP contribution in [0.25, 0.3) is 22.3 Å². The average molecular weight is 556 g/mol. The van der Waals surface area contributed by atoms with Crippen LogP contribution in [-0.4, -0.2) is 77.6 Å². The van der Waals surface area contributed by atoms with Gasteiger partial charge in [-0.1, -0.05) is 0 Å². The number of carbonyl (C=O) groups is 1. The third-order valence-electron chi connectivity index (χ3n) is 6.97. The Bertz CT molecular complexity index is 1530. The minimum atomic E-state index is -4.75. The Morgan fingerprint density at radius 2 is 1.95 bits per heavy atom. The van der Waals surface area contributed by atoms with E-state index in [9.17, 15) is 22.4 Å². The van der Waals surface area contributed by atoms with Gasteiger partial charge in [-0.3, -0.25) is 14.4 Å². The number of aromatic nitrogens is 6. The van der Waals surface area contributed by atoms with Crippen LogP contribution < -0.4 is 0 Å². The number of amides is 1. The zero-order chi connectivity index (χ0) is 28.3. The number of hydrogen-bond donors (Lipinski definition) is 1. The Kier molecular flexibility index (Phi) is 7.74. The highest BCUT2D eigenvalue weighted by Crippen LogP contribution is 2.30. The van der Waals surface area contributed by atoms with Crippen molar-refractivity contribution in [1.82, 2.24) is 39.5 Å². The molecule has 1 amide bonds. The average Bonchev–Trinajstić information content (AvgIpc) is 3.61. The molecule has 1 aliphatic heterocycles. The molecule has 0 aromatic carbocycles. The molecule has 14 heteroatoms. The van der Waals surface area contributed by atoms with Crippen LogP contribution in [0.1, 0.15) is 35.3 Å². The van der Waals surface area contributed by atoms with Crippen LogP contribution in [0.4, 0.5) is 17.6 Å². The topological polar surface area (TPSA) is 120 Å². The first-order valence-corrected chi connectivity index (χ1v) is 12.7. The normalized spacial score (nSPS) is 15.3. The number of piperazine rings is 1. The molecular weight excluding hydrogens is 530 g/mol. The standard InChI is InChI=1S/C26H25F4N9O/c27-21-11-18(26(28,29)30)13-33-23(21)25(40)38-9-7-37(8-10-38)19(3-1-2-5-31)15-39-14-17(12-36-39)22-20-4-6-32-24(20)35-16-34-22/h4,6,11-14,16,19H,1-3,7-10,15H2,(H,32,34,35)/t19-/m1/s1. The summed E-state index contributed by atoms with van der Waals surface area (Å²) in [7, 11) is 0. The second-order valence-electron chi connectivity index (χ2n) is 9.50. The van der Waals surface area contributed by atoms with Crippen molar-refractivity contribution in [2.75, 3.05) is 26.2 Å². The van der Waals surface area contributed by atoms with Gasteiger partial charge in [0.25, 0.3) is 5.91 Å². The van der Waals surface area contributed by atoms with E-state index < -0.39 is 29.2 Å². The first-order chi connectivity index (χ1) is 19.2. The van der Waals surface area contributed by atoms with Gasteiger partial charge in [-0.15, -0.1) is 0 Å². The van der Waals surface area contributed by atoms with Crippen molar-refractivity contribution < 1.29 is 22.4 Å². The second-order valence-corrected chi connectivity index (χ2v) is 9.50. The van der Waals surface area contributed by atoms with Gasteiger partial charge < -0.3 is 9.88 Å². The molecule has 4 aromatic rings. The number of halogens is 4. The van der Waals surface area contributed by atoms with E-state index in [-0.39, 0.29) is 19.1 Å². The molecule has 208 valence electrons. The van der Waals surface area contributed by atoms with Crippen LogP contribution in [0.2, 0.25) is 0 Å². The summed E-state index contributed by atoms with van der Waals surface area (Å²) >= 11 is 0. The molecule has 5 heterocycles. The number of carbonyl (C=O) groups excluding carboxylic acids is 1. The lowest BCUT2D eigenvalue weighted by molar-refractivity contribution is -0.138. The molecule has 0 bridgehead atoms. The number of H-pyrrole nitrogens is 1. The number of nitriles is 1. The van der Waals surface area contributed by atoms with Crippen molar-refractivity contribution >= 4 is 16.9 Å². The predicted octanol–water partition coefficient (Wildman–Crippen LogP) is 3.89. The van der Waals surface area contributed by atoms with Crippen molar-refractivity contribution in [2.24, 2.45) is 0 Å². The maximum Gasteiger partial charge on any atom is 0.417 e. The number of nitrogens with zero attached hydrogens (tertiary/aromatic N) is 8. The number of aromatic amines is 1. The van der Waals surface area contributed by atoms with E-state index in [1.54, 1.807) is 12.4 Å². The fourth-order valence-electron chi connectivity index (χ4n) is 4.90. The molecule has 40 heavy (non-hydrogen) atoms. The van der Waals surface area contributed by atoms with Crippen LogP contribution in [0.5, 0.6) is 0 Å². The molecule has 1 atom stereocenters. The van der Waals surface area contributed by atoms with E-state index in [0.29, 0.717) is 44.7 Å². The van der Waals surface area contributed by atoms with Crippen molar-refractivity contribution in [1.29, 1.82) is 5.26 Å². The number of hydrogen-bond acceptors (Lipinski definition) is 7. The quantitative estimate of drug-likeness (QED) is 0.259. The minimum absolute atomic E-state index is 0.0111. The lowest BCUT2D eigenvalue weighted by Gasteiger charge is -2.39. The first-order valence-electron chi connectivity index (χ1n) is 12.7. The minimum Gasteiger partial charge on any atom is -0.346 e. The highest BCUT2D eigenvalue weighted by atomic mass is 19.4. The Labute approximate surface area is 226 Å². The van der Waals surface area contributed by atoms with Gasteiger partial charge in [0.05, 0.1) is 30.1 Å². The second kappa shape index (κ2) is 11.4. The largest absolute Gasteiger partial charge is 0.417 e. The van der Waals surface area contributed by atoms with Crippen LogP contribution in [0, 0.1) is 17.1 Å². The van der Waals surface area contributed by atoms with E-state index in [4.69, 9.17) is 5.26 Å². The van der Waals surface area contributed by atoms with Gasteiger partial charge in [0.2, 0.25) is 0 Å². The molecule has 0 spiro atoms. The van der Waals surface area contributed by atoms with Gasteiger partial charge >= 0.3 is 6.18 Å². The maximum atomic E-state index is 14.3. The molecule has 5 rings (SSSR count). The fourth-order valence-corrected chi connectivity index (χ4v) is 4.90. The predicted molar refractivity (Wildman–Crippen MR) is 135 cm³/mol. The van der Waals surface area contributed by atoms with Crippen LogP contribution in [0.15, 0.2) is 43.2 Å². The molecule has 1 fully saturated rings. The fraction of sp³-hybridized carbons (Fsp3) is 0.385. The van der Waals surface area contributed by atoms with Gasteiger partial charge in [0, 0.05) is 68.2 Å². The van der Waals surface area contributed by atoms with Gasteiger partial charge in [-0.05, 0) is 25.0 Å². The molecule has 1 aliphatic rings. The lowest BCUT2D eigenvalue weighted by atomic mass is 10.1. The number of unbranched alkanes of at least 4 members (excludes halogenated alkanes) is 1. The SMILES string of the molecule is N#CCCC[C@H](Cn1cc(-c2ncnc3[nH]ccc23)cn1)N1CCN(C(=O)c2ncc(C(F)(F)F)cc2F)CC1. The summed E-state index contributed by atoms with van der Waals surface area (Å²) in [6, 6.07) is 4.37. The molecule has 1 N–H and O–H groups in total. The van der Waals surface area contributed by atoms with E-state index in [0.717, 1.165) is 28.7 Å². The van der Waals surface area contributed by atoms with Crippen molar-refractivity contribution in [3.8, 4) is 17.3 Å². The van der Waals surface area contributed by atoms with Crippen molar-refractivity contribution in [3.63, 3.8) is 0 Å². The van der Waals surface area contributed by atoms with Gasteiger partial charge in [0.1, 0.15) is 12.0 Å². The zero-order valence-electron chi connectivity index (χ0n) is 21.3. The molecule has 4 aromatic heterocycles. The number of nitrogens with one attached hydrogen (secondary N) is 1. The lowest BCUT2D eigenvalue weighted by Crippen LogP contribution is -2.53. The number of alkyl halides is 3. The summed E-state index contributed by atoms with van der Waals surface area (Å²) in [6.07, 6.45) is 4.47. The zero-order valence-corrected chi connectivity index (χ0v) is 21.3. The summed E-state index contributed by atoms with van der Waals surface area (Å²) < 4.78 is 54.7. The van der Waals surface area contributed by atoms with E-state index in [1.807, 2.05) is 16.9 Å². The van der Waals surface area contributed by atoms with Crippen molar-refractivity contribution in [2.45, 2.75) is 38.0 Å². The first kappa shape index (κ1) is 27.2. The van der Waals surface area contributed by atoms with Gasteiger partial charge in [-0.2, -0.15) is 23.5 Å². The molecular formula is C26H25F4N9O. The Hall–Kier alpha value is -4.38. The molecule has 0 unspecified atom stereocenters.